The van der Waals surface area contributed by atoms with Crippen molar-refractivity contribution >= 4 is 56.2 Å². The van der Waals surface area contributed by atoms with Crippen molar-refractivity contribution in [2.75, 3.05) is 6.54 Å². The van der Waals surface area contributed by atoms with Crippen LogP contribution in [0.5, 0.6) is 5.75 Å². The van der Waals surface area contributed by atoms with Crippen LogP contribution in [0.2, 0.25) is 5.15 Å². The normalized spacial score (nSPS) is 24.5. The van der Waals surface area contributed by atoms with Gasteiger partial charge in [0.15, 0.2) is 0 Å². The molecule has 2 heterocycles. The van der Waals surface area contributed by atoms with E-state index < -0.39 is 79.7 Å². The standard InChI is InChI=1S/C34H44ClN5O8S/c1-8-20-17-34(20,30(43)39-49(45,46)23-10-11-23)38-28(41)25-16-22(47-21-9-12-24-19(15-21)13-14-36-27(24)35)18-40(25)29(42)26(32(2,3)4)37-31(44)48-33(5,6)7/h8-9,12-15,20,22-23,25-26H,1,10-11,16-18H2,2-7H3,(H,37,44)(H,38,41)(H,39,43). The number of pyridine rings is 1. The van der Waals surface area contributed by atoms with Gasteiger partial charge in [0.2, 0.25) is 21.8 Å². The van der Waals surface area contributed by atoms with Crippen molar-refractivity contribution in [1.82, 2.24) is 25.2 Å². The maximum Gasteiger partial charge on any atom is 0.408 e. The van der Waals surface area contributed by atoms with Crippen LogP contribution in [0.3, 0.4) is 0 Å². The summed E-state index contributed by atoms with van der Waals surface area (Å²) in [6, 6.07) is 4.82. The molecule has 2 saturated carbocycles. The highest BCUT2D eigenvalue weighted by atomic mass is 35.5. The second-order valence-corrected chi connectivity index (χ2v) is 17.4. The summed E-state index contributed by atoms with van der Waals surface area (Å²) in [5.41, 5.74) is -3.17. The first-order valence-corrected chi connectivity index (χ1v) is 18.2. The number of hydrogen-bond acceptors (Lipinski definition) is 9. The molecule has 49 heavy (non-hydrogen) atoms. The average Bonchev–Trinajstić information content (AvgIpc) is 3.91. The molecule has 0 spiro atoms. The lowest BCUT2D eigenvalue weighted by atomic mass is 9.85. The van der Waals surface area contributed by atoms with E-state index in [0.29, 0.717) is 23.7 Å². The van der Waals surface area contributed by atoms with Crippen molar-refractivity contribution in [3.8, 4) is 5.75 Å². The lowest BCUT2D eigenvalue weighted by molar-refractivity contribution is -0.143. The van der Waals surface area contributed by atoms with Crippen LogP contribution in [0.25, 0.3) is 10.8 Å². The number of alkyl carbamates (subject to hydrolysis) is 1. The quantitative estimate of drug-likeness (QED) is 0.244. The molecule has 5 atom stereocenters. The zero-order valence-corrected chi connectivity index (χ0v) is 30.1. The van der Waals surface area contributed by atoms with Gasteiger partial charge < -0.3 is 25.0 Å². The summed E-state index contributed by atoms with van der Waals surface area (Å²) in [4.78, 5) is 60.2. The van der Waals surface area contributed by atoms with Crippen molar-refractivity contribution < 1.29 is 37.1 Å². The Labute approximate surface area is 291 Å². The molecule has 5 unspecified atom stereocenters. The molecule has 266 valence electrons. The number of nitrogens with zero attached hydrogens (tertiary/aromatic N) is 2. The van der Waals surface area contributed by atoms with Crippen LogP contribution in [-0.4, -0.2) is 83.2 Å². The molecule has 1 aromatic heterocycles. The Balaban J connectivity index is 1.42. The third-order valence-corrected chi connectivity index (χ3v) is 11.0. The molecular formula is C34H44ClN5O8S. The second kappa shape index (κ2) is 13.1. The Hall–Kier alpha value is -3.91. The Morgan fingerprint density at radius 3 is 2.41 bits per heavy atom. The highest BCUT2D eigenvalue weighted by Crippen LogP contribution is 2.45. The number of carbonyl (C=O) groups excluding carboxylic acids is 4. The Morgan fingerprint density at radius 1 is 1.12 bits per heavy atom. The van der Waals surface area contributed by atoms with Gasteiger partial charge in [0.25, 0.3) is 5.91 Å². The number of nitrogens with one attached hydrogen (secondary N) is 3. The van der Waals surface area contributed by atoms with Crippen LogP contribution in [0.4, 0.5) is 4.79 Å². The molecule has 0 bridgehead atoms. The number of carbonyl (C=O) groups is 4. The van der Waals surface area contributed by atoms with Gasteiger partial charge in [-0.15, -0.1) is 6.58 Å². The molecule has 13 nitrogen and oxygen atoms in total. The predicted molar refractivity (Wildman–Crippen MR) is 183 cm³/mol. The summed E-state index contributed by atoms with van der Waals surface area (Å²) >= 11 is 6.23. The monoisotopic (exact) mass is 717 g/mol. The number of ether oxygens (including phenoxy) is 2. The maximum atomic E-state index is 14.3. The van der Waals surface area contributed by atoms with E-state index in [9.17, 15) is 27.6 Å². The van der Waals surface area contributed by atoms with E-state index in [0.717, 1.165) is 10.8 Å². The number of hydrogen-bond donors (Lipinski definition) is 3. The molecule has 1 aliphatic heterocycles. The Morgan fingerprint density at radius 2 is 1.82 bits per heavy atom. The molecule has 5 rings (SSSR count). The van der Waals surface area contributed by atoms with E-state index in [1.807, 2.05) is 0 Å². The van der Waals surface area contributed by atoms with Crippen molar-refractivity contribution in [3.63, 3.8) is 0 Å². The molecule has 1 aromatic carbocycles. The van der Waals surface area contributed by atoms with Crippen molar-refractivity contribution in [1.29, 1.82) is 0 Å². The SMILES string of the molecule is C=CC1CC1(NC(=O)C1CC(Oc2ccc3c(Cl)nccc3c2)CN1C(=O)C(NC(=O)OC(C)(C)C)C(C)(C)C)C(=O)NS(=O)(=O)C1CC1. The zero-order chi connectivity index (χ0) is 36.1. The molecule has 15 heteroatoms. The third kappa shape index (κ3) is 8.12. The number of rotatable bonds is 10. The van der Waals surface area contributed by atoms with Crippen LogP contribution in [-0.2, 0) is 29.1 Å². The molecule has 3 N–H and O–H groups in total. The summed E-state index contributed by atoms with van der Waals surface area (Å²) in [7, 11) is -3.89. The summed E-state index contributed by atoms with van der Waals surface area (Å²) in [6.45, 7) is 14.2. The third-order valence-electron chi connectivity index (χ3n) is 8.86. The second-order valence-electron chi connectivity index (χ2n) is 15.1. The van der Waals surface area contributed by atoms with E-state index >= 15 is 0 Å². The van der Waals surface area contributed by atoms with E-state index in [4.69, 9.17) is 21.1 Å². The molecule has 2 aromatic rings. The van der Waals surface area contributed by atoms with Crippen LogP contribution < -0.4 is 20.1 Å². The number of sulfonamides is 1. The van der Waals surface area contributed by atoms with Gasteiger partial charge in [-0.3, -0.25) is 19.1 Å². The Bertz CT molecular complexity index is 1780. The van der Waals surface area contributed by atoms with Gasteiger partial charge in [-0.2, -0.15) is 0 Å². The van der Waals surface area contributed by atoms with Crippen LogP contribution in [0.1, 0.15) is 67.2 Å². The minimum atomic E-state index is -3.89. The fourth-order valence-electron chi connectivity index (χ4n) is 6.02. The van der Waals surface area contributed by atoms with Crippen LogP contribution >= 0.6 is 11.6 Å². The molecule has 2 aliphatic carbocycles. The highest BCUT2D eigenvalue weighted by Gasteiger charge is 2.62. The summed E-state index contributed by atoms with van der Waals surface area (Å²) in [5, 5.41) is 6.67. The fourth-order valence-corrected chi connectivity index (χ4v) is 7.61. The molecule has 4 amide bonds. The largest absolute Gasteiger partial charge is 0.488 e. The molecule has 3 fully saturated rings. The smallest absolute Gasteiger partial charge is 0.408 e. The lowest BCUT2D eigenvalue weighted by Gasteiger charge is -2.36. The highest BCUT2D eigenvalue weighted by molar-refractivity contribution is 7.91. The van der Waals surface area contributed by atoms with Gasteiger partial charge in [0, 0.05) is 23.9 Å². The van der Waals surface area contributed by atoms with Gasteiger partial charge in [0.05, 0.1) is 11.8 Å². The minimum absolute atomic E-state index is 0.0191. The average molecular weight is 718 g/mol. The van der Waals surface area contributed by atoms with Gasteiger partial charge in [-0.1, -0.05) is 38.4 Å². The first kappa shape index (κ1) is 36.4. The number of halogens is 1. The predicted octanol–water partition coefficient (Wildman–Crippen LogP) is 3.85. The maximum absolute atomic E-state index is 14.3. The van der Waals surface area contributed by atoms with Crippen molar-refractivity contribution in [3.05, 3.63) is 48.3 Å². The first-order valence-electron chi connectivity index (χ1n) is 16.3. The molecular weight excluding hydrogens is 674 g/mol. The summed E-state index contributed by atoms with van der Waals surface area (Å²) in [5.74, 6) is -2.10. The van der Waals surface area contributed by atoms with E-state index in [1.54, 1.807) is 72.0 Å². The van der Waals surface area contributed by atoms with Crippen LogP contribution in [0, 0.1) is 11.3 Å². The topological polar surface area (TPSA) is 173 Å². The molecule has 1 saturated heterocycles. The van der Waals surface area contributed by atoms with Crippen molar-refractivity contribution in [2.24, 2.45) is 11.3 Å². The fraction of sp³-hybridized carbons (Fsp3) is 0.559. The molecule has 0 radical (unpaired) electrons. The van der Waals surface area contributed by atoms with Gasteiger partial charge >= 0.3 is 6.09 Å². The van der Waals surface area contributed by atoms with Crippen molar-refractivity contribution in [2.45, 2.75) is 102 Å². The Kier molecular flexibility index (Phi) is 9.71. The number of benzene rings is 1. The van der Waals surface area contributed by atoms with Gasteiger partial charge in [0.1, 0.15) is 40.2 Å². The van der Waals surface area contributed by atoms with Gasteiger partial charge in [-0.05, 0) is 75.1 Å². The number of aromatic nitrogens is 1. The van der Waals surface area contributed by atoms with E-state index in [2.05, 4.69) is 26.9 Å². The number of fused-ring (bicyclic) bond motifs is 1. The van der Waals surface area contributed by atoms with Crippen LogP contribution in [0.15, 0.2) is 43.1 Å². The van der Waals surface area contributed by atoms with E-state index in [1.165, 1.54) is 11.0 Å². The van der Waals surface area contributed by atoms with Gasteiger partial charge in [-0.25, -0.2) is 18.2 Å². The summed E-state index contributed by atoms with van der Waals surface area (Å²) < 4.78 is 39.1. The minimum Gasteiger partial charge on any atom is -0.488 e. The first-order chi connectivity index (χ1) is 22.7. The molecule has 3 aliphatic rings. The number of amides is 4. The van der Waals surface area contributed by atoms with E-state index in [-0.39, 0.29) is 19.4 Å². The lowest BCUT2D eigenvalue weighted by Crippen LogP contribution is -2.60. The zero-order valence-electron chi connectivity index (χ0n) is 28.5. The number of likely N-dealkylation sites (tertiary alicyclic amines) is 1. The summed E-state index contributed by atoms with van der Waals surface area (Å²) in [6.07, 6.45) is 2.73.